The van der Waals surface area contributed by atoms with Gasteiger partial charge in [-0.15, -0.1) is 0 Å². The summed E-state index contributed by atoms with van der Waals surface area (Å²) in [6.45, 7) is 4.10. The van der Waals surface area contributed by atoms with Crippen molar-refractivity contribution in [2.75, 3.05) is 26.2 Å². The van der Waals surface area contributed by atoms with Crippen molar-refractivity contribution in [3.05, 3.63) is 71.5 Å². The number of carbonyl (C=O) groups excluding carboxylic acids is 1. The maximum Gasteiger partial charge on any atom is 0.254 e. The highest BCUT2D eigenvalue weighted by Gasteiger charge is 2.24. The minimum Gasteiger partial charge on any atom is -0.328 e. The first kappa shape index (κ1) is 14.7. The molecule has 0 bridgehead atoms. The van der Waals surface area contributed by atoms with Crippen LogP contribution in [0.2, 0.25) is 0 Å². The van der Waals surface area contributed by atoms with Gasteiger partial charge < -0.3 is 9.80 Å². The molecular weight excluding hydrogens is 279 g/mol. The lowest BCUT2D eigenvalue weighted by Crippen LogP contribution is -3.13. The summed E-state index contributed by atoms with van der Waals surface area (Å²) >= 11 is 0. The van der Waals surface area contributed by atoms with E-state index in [4.69, 9.17) is 0 Å². The van der Waals surface area contributed by atoms with E-state index in [-0.39, 0.29) is 11.7 Å². The van der Waals surface area contributed by atoms with Crippen molar-refractivity contribution in [3.63, 3.8) is 0 Å². The molecule has 1 aliphatic heterocycles. The van der Waals surface area contributed by atoms with Crippen molar-refractivity contribution in [3.8, 4) is 0 Å². The van der Waals surface area contributed by atoms with Gasteiger partial charge >= 0.3 is 0 Å². The summed E-state index contributed by atoms with van der Waals surface area (Å²) in [4.78, 5) is 15.7. The van der Waals surface area contributed by atoms with Gasteiger partial charge in [-0.3, -0.25) is 4.79 Å². The molecule has 1 N–H and O–H groups in total. The summed E-state index contributed by atoms with van der Waals surface area (Å²) in [5.74, 6) is -0.0832. The first-order valence-corrected chi connectivity index (χ1v) is 7.65. The van der Waals surface area contributed by atoms with E-state index in [9.17, 15) is 9.18 Å². The van der Waals surface area contributed by atoms with Gasteiger partial charge in [0.1, 0.15) is 12.4 Å². The van der Waals surface area contributed by atoms with Crippen LogP contribution in [0.1, 0.15) is 15.9 Å². The molecule has 114 valence electrons. The second kappa shape index (κ2) is 6.71. The van der Waals surface area contributed by atoms with E-state index >= 15 is 0 Å². The Bertz CT molecular complexity index is 637. The molecule has 22 heavy (non-hydrogen) atoms. The van der Waals surface area contributed by atoms with Gasteiger partial charge in [-0.05, 0) is 24.3 Å². The zero-order chi connectivity index (χ0) is 15.4. The molecule has 4 heteroatoms. The Balaban J connectivity index is 1.55. The number of rotatable bonds is 3. The van der Waals surface area contributed by atoms with Crippen molar-refractivity contribution < 1.29 is 14.1 Å². The maximum absolute atomic E-state index is 13.2. The van der Waals surface area contributed by atoms with Crippen LogP contribution >= 0.6 is 0 Å². The van der Waals surface area contributed by atoms with Crippen LogP contribution in [-0.2, 0) is 6.54 Å². The largest absolute Gasteiger partial charge is 0.328 e. The van der Waals surface area contributed by atoms with Crippen LogP contribution in [0.5, 0.6) is 0 Å². The standard InChI is InChI=1S/C18H19FN2O/c19-17-8-4-5-15(13-17)14-20-9-11-21(12-10-20)18(22)16-6-2-1-3-7-16/h1-8,13H,9-12,14H2/p+1. The molecule has 1 saturated heterocycles. The minimum absolute atomic E-state index is 0.102. The lowest BCUT2D eigenvalue weighted by atomic mass is 10.1. The number of nitrogens with zero attached hydrogens (tertiary/aromatic N) is 1. The normalized spacial score (nSPS) is 15.8. The SMILES string of the molecule is O=C(c1ccccc1)N1CC[NH+](Cc2cccc(F)c2)CC1. The van der Waals surface area contributed by atoms with Gasteiger partial charge in [0.25, 0.3) is 5.91 Å². The third kappa shape index (κ3) is 3.52. The quantitative estimate of drug-likeness (QED) is 0.909. The van der Waals surface area contributed by atoms with Crippen LogP contribution in [0.25, 0.3) is 0 Å². The summed E-state index contributed by atoms with van der Waals surface area (Å²) in [6.07, 6.45) is 0. The smallest absolute Gasteiger partial charge is 0.254 e. The number of hydrogen-bond acceptors (Lipinski definition) is 1. The molecule has 0 atom stereocenters. The van der Waals surface area contributed by atoms with E-state index in [1.54, 1.807) is 12.1 Å². The van der Waals surface area contributed by atoms with E-state index in [1.807, 2.05) is 41.3 Å². The molecule has 2 aromatic carbocycles. The molecule has 1 fully saturated rings. The van der Waals surface area contributed by atoms with E-state index in [2.05, 4.69) is 0 Å². The monoisotopic (exact) mass is 299 g/mol. The van der Waals surface area contributed by atoms with Crippen LogP contribution < -0.4 is 4.90 Å². The maximum atomic E-state index is 13.2. The second-order valence-corrected chi connectivity index (χ2v) is 5.71. The topological polar surface area (TPSA) is 24.8 Å². The van der Waals surface area contributed by atoms with Crippen molar-refractivity contribution in [2.24, 2.45) is 0 Å². The fourth-order valence-corrected chi connectivity index (χ4v) is 2.90. The van der Waals surface area contributed by atoms with Crippen LogP contribution in [0, 0.1) is 5.82 Å². The average molecular weight is 299 g/mol. The van der Waals surface area contributed by atoms with Crippen molar-refractivity contribution in [1.82, 2.24) is 4.90 Å². The predicted octanol–water partition coefficient (Wildman–Crippen LogP) is 1.37. The number of benzene rings is 2. The van der Waals surface area contributed by atoms with Gasteiger partial charge in [-0.25, -0.2) is 4.39 Å². The summed E-state index contributed by atoms with van der Waals surface area (Å²) in [5.41, 5.74) is 1.76. The Morgan fingerprint density at radius 1 is 1.05 bits per heavy atom. The summed E-state index contributed by atoms with van der Waals surface area (Å²) in [7, 11) is 0. The van der Waals surface area contributed by atoms with Crippen LogP contribution in [0.3, 0.4) is 0 Å². The van der Waals surface area contributed by atoms with E-state index in [0.717, 1.165) is 43.9 Å². The molecule has 0 aliphatic carbocycles. The van der Waals surface area contributed by atoms with Gasteiger partial charge in [-0.1, -0.05) is 30.3 Å². The Hall–Kier alpha value is -2.20. The summed E-state index contributed by atoms with van der Waals surface area (Å²) in [5, 5.41) is 0. The predicted molar refractivity (Wildman–Crippen MR) is 83.1 cm³/mol. The molecule has 0 radical (unpaired) electrons. The number of carbonyl (C=O) groups is 1. The van der Waals surface area contributed by atoms with Crippen LogP contribution in [0.15, 0.2) is 54.6 Å². The number of quaternary nitrogens is 1. The number of piperazine rings is 1. The molecule has 0 saturated carbocycles. The number of nitrogens with one attached hydrogen (secondary N) is 1. The number of halogens is 1. The third-order valence-corrected chi connectivity index (χ3v) is 4.12. The fourth-order valence-electron chi connectivity index (χ4n) is 2.90. The molecule has 2 aromatic rings. The highest BCUT2D eigenvalue weighted by atomic mass is 19.1. The Morgan fingerprint density at radius 2 is 1.77 bits per heavy atom. The molecule has 0 aromatic heterocycles. The van der Waals surface area contributed by atoms with E-state index in [0.29, 0.717) is 0 Å². The molecule has 1 amide bonds. The molecular formula is C18H20FN2O+. The number of amides is 1. The molecule has 0 unspecified atom stereocenters. The molecule has 3 nitrogen and oxygen atoms in total. The third-order valence-electron chi connectivity index (χ3n) is 4.12. The number of hydrogen-bond donors (Lipinski definition) is 1. The van der Waals surface area contributed by atoms with Crippen molar-refractivity contribution in [1.29, 1.82) is 0 Å². The lowest BCUT2D eigenvalue weighted by molar-refractivity contribution is -0.917. The first-order chi connectivity index (χ1) is 10.7. The summed E-state index contributed by atoms with van der Waals surface area (Å²) in [6, 6.07) is 16.2. The van der Waals surface area contributed by atoms with E-state index in [1.165, 1.54) is 11.0 Å². The molecule has 1 aliphatic rings. The van der Waals surface area contributed by atoms with Gasteiger partial charge in [0.15, 0.2) is 0 Å². The average Bonchev–Trinajstić information content (AvgIpc) is 2.56. The second-order valence-electron chi connectivity index (χ2n) is 5.71. The Morgan fingerprint density at radius 3 is 2.45 bits per heavy atom. The van der Waals surface area contributed by atoms with Gasteiger partial charge in [0.2, 0.25) is 0 Å². The zero-order valence-corrected chi connectivity index (χ0v) is 12.5. The highest BCUT2D eigenvalue weighted by molar-refractivity contribution is 5.94. The van der Waals surface area contributed by atoms with Crippen molar-refractivity contribution in [2.45, 2.75) is 6.54 Å². The van der Waals surface area contributed by atoms with Gasteiger partial charge in [0.05, 0.1) is 26.2 Å². The Labute approximate surface area is 130 Å². The molecule has 1 heterocycles. The minimum atomic E-state index is -0.185. The lowest BCUT2D eigenvalue weighted by Gasteiger charge is -2.32. The fraction of sp³-hybridized carbons (Fsp3) is 0.278. The molecule has 3 rings (SSSR count). The van der Waals surface area contributed by atoms with Gasteiger partial charge in [0, 0.05) is 11.1 Å². The highest BCUT2D eigenvalue weighted by Crippen LogP contribution is 2.05. The van der Waals surface area contributed by atoms with Crippen LogP contribution in [-0.4, -0.2) is 37.0 Å². The van der Waals surface area contributed by atoms with Crippen molar-refractivity contribution >= 4 is 5.91 Å². The Kier molecular flexibility index (Phi) is 4.49. The first-order valence-electron chi connectivity index (χ1n) is 7.65. The van der Waals surface area contributed by atoms with Gasteiger partial charge in [-0.2, -0.15) is 0 Å². The zero-order valence-electron chi connectivity index (χ0n) is 12.5. The summed E-state index contributed by atoms with van der Waals surface area (Å²) < 4.78 is 13.2. The molecule has 0 spiro atoms. The van der Waals surface area contributed by atoms with Crippen LogP contribution in [0.4, 0.5) is 4.39 Å². The van der Waals surface area contributed by atoms with E-state index < -0.39 is 0 Å².